The number of hydrogen-bond acceptors (Lipinski definition) is 4. The number of rotatable bonds is 4. The van der Waals surface area contributed by atoms with Crippen molar-refractivity contribution in [2.24, 2.45) is 0 Å². The Labute approximate surface area is 160 Å². The second-order valence-electron chi connectivity index (χ2n) is 7.27. The maximum atomic E-state index is 12.9. The van der Waals surface area contributed by atoms with Gasteiger partial charge in [0.1, 0.15) is 13.2 Å². The number of likely N-dealkylation sites (tertiary alicyclic amines) is 1. The summed E-state index contributed by atoms with van der Waals surface area (Å²) in [5.41, 5.74) is 4.50. The molecule has 2 aromatic rings. The first-order valence-corrected chi connectivity index (χ1v) is 9.62. The molecule has 0 aliphatic carbocycles. The van der Waals surface area contributed by atoms with Crippen molar-refractivity contribution in [1.82, 2.24) is 4.90 Å². The summed E-state index contributed by atoms with van der Waals surface area (Å²) in [5.74, 6) is 1.71. The molecule has 0 saturated carbocycles. The van der Waals surface area contributed by atoms with Crippen molar-refractivity contribution in [2.45, 2.75) is 32.7 Å². The first kappa shape index (κ1) is 17.7. The highest BCUT2D eigenvalue weighted by molar-refractivity contribution is 5.82. The first-order chi connectivity index (χ1) is 13.1. The summed E-state index contributed by atoms with van der Waals surface area (Å²) in [6.07, 6.45) is 2.00. The van der Waals surface area contributed by atoms with Gasteiger partial charge in [-0.05, 0) is 55.5 Å². The van der Waals surface area contributed by atoms with Gasteiger partial charge in [-0.1, -0.05) is 24.3 Å². The quantitative estimate of drug-likeness (QED) is 0.893. The average Bonchev–Trinajstić information content (AvgIpc) is 3.17. The smallest absolute Gasteiger partial charge is 0.242 e. The summed E-state index contributed by atoms with van der Waals surface area (Å²) in [5, 5.41) is 3.34. The minimum Gasteiger partial charge on any atom is -0.486 e. The molecule has 1 unspecified atom stereocenters. The van der Waals surface area contributed by atoms with E-state index in [9.17, 15) is 4.79 Å². The van der Waals surface area contributed by atoms with Crippen LogP contribution in [0.5, 0.6) is 11.5 Å². The molecule has 0 radical (unpaired) electrons. The molecule has 1 fully saturated rings. The van der Waals surface area contributed by atoms with Gasteiger partial charge < -0.3 is 19.7 Å². The van der Waals surface area contributed by atoms with Gasteiger partial charge in [-0.3, -0.25) is 4.79 Å². The van der Waals surface area contributed by atoms with Crippen LogP contribution in [-0.2, 0) is 4.79 Å². The highest BCUT2D eigenvalue weighted by atomic mass is 16.6. The molecule has 1 N–H and O–H groups in total. The van der Waals surface area contributed by atoms with Crippen LogP contribution in [-0.4, -0.2) is 37.1 Å². The Hall–Kier alpha value is -2.69. The van der Waals surface area contributed by atoms with Crippen LogP contribution in [0.1, 0.15) is 35.6 Å². The molecule has 0 aromatic heterocycles. The summed E-state index contributed by atoms with van der Waals surface area (Å²) in [6.45, 7) is 6.40. The summed E-state index contributed by atoms with van der Waals surface area (Å²) in [6, 6.07) is 12.3. The van der Waals surface area contributed by atoms with Gasteiger partial charge in [-0.2, -0.15) is 0 Å². The highest BCUT2D eigenvalue weighted by Gasteiger charge is 2.30. The van der Waals surface area contributed by atoms with E-state index >= 15 is 0 Å². The van der Waals surface area contributed by atoms with Crippen LogP contribution in [0, 0.1) is 13.8 Å². The Bertz CT molecular complexity index is 829. The molecule has 1 atom stereocenters. The van der Waals surface area contributed by atoms with Gasteiger partial charge in [0.2, 0.25) is 5.91 Å². The van der Waals surface area contributed by atoms with E-state index in [2.05, 4.69) is 37.4 Å². The fourth-order valence-electron chi connectivity index (χ4n) is 4.04. The van der Waals surface area contributed by atoms with E-state index in [0.717, 1.165) is 53.3 Å². The molecule has 27 heavy (non-hydrogen) atoms. The van der Waals surface area contributed by atoms with Gasteiger partial charge in [-0.25, -0.2) is 0 Å². The van der Waals surface area contributed by atoms with Crippen LogP contribution >= 0.6 is 0 Å². The van der Waals surface area contributed by atoms with Gasteiger partial charge in [0.25, 0.3) is 0 Å². The Morgan fingerprint density at radius 3 is 2.63 bits per heavy atom. The summed E-state index contributed by atoms with van der Waals surface area (Å²) < 4.78 is 11.3. The van der Waals surface area contributed by atoms with Crippen molar-refractivity contribution >= 4 is 11.6 Å². The molecule has 0 spiro atoms. The molecular formula is C22H26N2O3. The van der Waals surface area contributed by atoms with E-state index in [4.69, 9.17) is 9.47 Å². The van der Waals surface area contributed by atoms with Gasteiger partial charge in [0.15, 0.2) is 11.5 Å². The van der Waals surface area contributed by atoms with Crippen LogP contribution in [0.3, 0.4) is 0 Å². The summed E-state index contributed by atoms with van der Waals surface area (Å²) in [7, 11) is 0. The van der Waals surface area contributed by atoms with Gasteiger partial charge in [0.05, 0.1) is 12.6 Å². The van der Waals surface area contributed by atoms with Crippen molar-refractivity contribution in [3.8, 4) is 11.5 Å². The number of aryl methyl sites for hydroxylation is 2. The van der Waals surface area contributed by atoms with Crippen molar-refractivity contribution < 1.29 is 14.3 Å². The summed E-state index contributed by atoms with van der Waals surface area (Å²) in [4.78, 5) is 14.9. The zero-order valence-corrected chi connectivity index (χ0v) is 16.0. The third-order valence-corrected chi connectivity index (χ3v) is 5.42. The average molecular weight is 366 g/mol. The minimum atomic E-state index is 0.105. The maximum absolute atomic E-state index is 12.9. The predicted molar refractivity (Wildman–Crippen MR) is 106 cm³/mol. The molecule has 2 aliphatic rings. The predicted octanol–water partition coefficient (Wildman–Crippen LogP) is 3.85. The third kappa shape index (κ3) is 3.59. The molecule has 2 aromatic carbocycles. The zero-order chi connectivity index (χ0) is 18.8. The molecule has 2 heterocycles. The number of para-hydroxylation sites is 1. The number of anilines is 1. The Morgan fingerprint density at radius 1 is 1.11 bits per heavy atom. The number of carbonyl (C=O) groups excluding carboxylic acids is 1. The number of ether oxygens (including phenoxy) is 2. The van der Waals surface area contributed by atoms with E-state index in [1.807, 2.05) is 23.1 Å². The molecule has 2 aliphatic heterocycles. The standard InChI is InChI=1S/C22H26N2O3/c1-15-5-3-6-16(2)22(15)23-14-21(25)24-10-4-7-18(24)17-8-9-19-20(13-17)27-12-11-26-19/h3,5-6,8-9,13,18,23H,4,7,10-12,14H2,1-2H3. The van der Waals surface area contributed by atoms with E-state index in [-0.39, 0.29) is 11.9 Å². The Kier molecular flexibility index (Phi) is 4.92. The number of amides is 1. The Morgan fingerprint density at radius 2 is 1.85 bits per heavy atom. The molecular weight excluding hydrogens is 340 g/mol. The molecule has 1 saturated heterocycles. The van der Waals surface area contributed by atoms with Crippen LogP contribution in [0.2, 0.25) is 0 Å². The lowest BCUT2D eigenvalue weighted by atomic mass is 10.0. The summed E-state index contributed by atoms with van der Waals surface area (Å²) >= 11 is 0. The van der Waals surface area contributed by atoms with E-state index in [1.165, 1.54) is 0 Å². The molecule has 0 bridgehead atoms. The lowest BCUT2D eigenvalue weighted by Gasteiger charge is -2.27. The van der Waals surface area contributed by atoms with Crippen molar-refractivity contribution in [2.75, 3.05) is 31.6 Å². The zero-order valence-electron chi connectivity index (χ0n) is 16.0. The number of fused-ring (bicyclic) bond motifs is 1. The number of nitrogens with one attached hydrogen (secondary N) is 1. The third-order valence-electron chi connectivity index (χ3n) is 5.42. The van der Waals surface area contributed by atoms with Gasteiger partial charge >= 0.3 is 0 Å². The number of benzene rings is 2. The fourth-order valence-corrected chi connectivity index (χ4v) is 4.04. The monoisotopic (exact) mass is 366 g/mol. The van der Waals surface area contributed by atoms with Crippen molar-refractivity contribution in [1.29, 1.82) is 0 Å². The molecule has 142 valence electrons. The topological polar surface area (TPSA) is 50.8 Å². The van der Waals surface area contributed by atoms with Crippen molar-refractivity contribution in [3.05, 3.63) is 53.1 Å². The van der Waals surface area contributed by atoms with Crippen LogP contribution < -0.4 is 14.8 Å². The highest BCUT2D eigenvalue weighted by Crippen LogP contribution is 2.38. The molecule has 4 rings (SSSR count). The second kappa shape index (κ2) is 7.51. The van der Waals surface area contributed by atoms with Crippen LogP contribution in [0.4, 0.5) is 5.69 Å². The number of nitrogens with zero attached hydrogens (tertiary/aromatic N) is 1. The van der Waals surface area contributed by atoms with Gasteiger partial charge in [0, 0.05) is 12.2 Å². The maximum Gasteiger partial charge on any atom is 0.242 e. The first-order valence-electron chi connectivity index (χ1n) is 9.62. The van der Waals surface area contributed by atoms with E-state index in [0.29, 0.717) is 19.8 Å². The van der Waals surface area contributed by atoms with Gasteiger partial charge in [-0.15, -0.1) is 0 Å². The number of hydrogen-bond donors (Lipinski definition) is 1. The van der Waals surface area contributed by atoms with Crippen LogP contribution in [0.15, 0.2) is 36.4 Å². The fraction of sp³-hybridized carbons (Fsp3) is 0.409. The number of carbonyl (C=O) groups is 1. The SMILES string of the molecule is Cc1cccc(C)c1NCC(=O)N1CCCC1c1ccc2c(c1)OCCO2. The molecule has 5 heteroatoms. The van der Waals surface area contributed by atoms with E-state index < -0.39 is 0 Å². The molecule has 1 amide bonds. The lowest BCUT2D eigenvalue weighted by Crippen LogP contribution is -2.35. The van der Waals surface area contributed by atoms with E-state index in [1.54, 1.807) is 0 Å². The lowest BCUT2D eigenvalue weighted by molar-refractivity contribution is -0.130. The van der Waals surface area contributed by atoms with Crippen LogP contribution in [0.25, 0.3) is 0 Å². The van der Waals surface area contributed by atoms with Crippen molar-refractivity contribution in [3.63, 3.8) is 0 Å². The minimum absolute atomic E-state index is 0.105. The Balaban J connectivity index is 1.47. The largest absolute Gasteiger partial charge is 0.486 e. The normalized spacial score (nSPS) is 18.4. The second-order valence-corrected chi connectivity index (χ2v) is 7.27. The molecule has 5 nitrogen and oxygen atoms in total.